The number of hydrogen-bond donors (Lipinski definition) is 2. The third-order valence-electron chi connectivity index (χ3n) is 3.58. The maximum Gasteiger partial charge on any atom is 0.290 e. The monoisotopic (exact) mass is 372 g/mol. The first-order chi connectivity index (χ1) is 12.4. The Balaban J connectivity index is 2.04. The van der Waals surface area contributed by atoms with Gasteiger partial charge in [-0.3, -0.25) is 4.79 Å². The molecule has 0 radical (unpaired) electrons. The molecule has 0 aliphatic heterocycles. The molecule has 0 fully saturated rings. The second kappa shape index (κ2) is 7.02. The first-order valence-electron chi connectivity index (χ1n) is 7.59. The number of hydrogen-bond acceptors (Lipinski definition) is 6. The molecule has 9 nitrogen and oxygen atoms in total. The minimum atomic E-state index is -3.84. The fourth-order valence-electron chi connectivity index (χ4n) is 2.29. The maximum absolute atomic E-state index is 11.9. The van der Waals surface area contributed by atoms with Gasteiger partial charge in [0.25, 0.3) is 5.91 Å². The van der Waals surface area contributed by atoms with Gasteiger partial charge in [-0.15, -0.1) is 5.10 Å². The van der Waals surface area contributed by atoms with E-state index in [-0.39, 0.29) is 10.7 Å². The van der Waals surface area contributed by atoms with Crippen molar-refractivity contribution in [2.24, 2.45) is 5.14 Å². The Labute approximate surface area is 149 Å². The van der Waals surface area contributed by atoms with Crippen LogP contribution in [0, 0.1) is 0 Å². The van der Waals surface area contributed by atoms with Gasteiger partial charge in [-0.05, 0) is 17.7 Å². The van der Waals surface area contributed by atoms with Gasteiger partial charge >= 0.3 is 0 Å². The molecule has 2 heterocycles. The van der Waals surface area contributed by atoms with E-state index in [1.165, 1.54) is 23.9 Å². The Kier molecular flexibility index (Phi) is 4.78. The highest BCUT2D eigenvalue weighted by Gasteiger charge is 2.18. The Morgan fingerprint density at radius 1 is 1.19 bits per heavy atom. The van der Waals surface area contributed by atoms with Crippen LogP contribution in [0.3, 0.4) is 0 Å². The zero-order chi connectivity index (χ0) is 18.7. The topological polar surface area (TPSA) is 133 Å². The standard InChI is InChI=1S/C16H16N6O3S/c1-18-16(23)15-20-14(9-11-5-3-2-4-6-11)22(21-15)13-8-7-12(10-19-13)26(17,24)25/h2-8,10H,9H2,1H3,(H,18,23)(H2,17,24,25). The lowest BCUT2D eigenvalue weighted by atomic mass is 10.1. The van der Waals surface area contributed by atoms with E-state index in [1.807, 2.05) is 30.3 Å². The zero-order valence-corrected chi connectivity index (χ0v) is 14.6. The summed E-state index contributed by atoms with van der Waals surface area (Å²) >= 11 is 0. The van der Waals surface area contributed by atoms with Crippen molar-refractivity contribution in [1.29, 1.82) is 0 Å². The average Bonchev–Trinajstić information content (AvgIpc) is 3.05. The lowest BCUT2D eigenvalue weighted by Gasteiger charge is -2.06. The Morgan fingerprint density at radius 3 is 2.50 bits per heavy atom. The number of aromatic nitrogens is 4. The molecule has 10 heteroatoms. The average molecular weight is 372 g/mol. The molecule has 3 rings (SSSR count). The van der Waals surface area contributed by atoms with Crippen molar-refractivity contribution >= 4 is 15.9 Å². The summed E-state index contributed by atoms with van der Waals surface area (Å²) in [6, 6.07) is 12.3. The number of primary sulfonamides is 1. The van der Waals surface area contributed by atoms with Gasteiger partial charge in [-0.25, -0.2) is 23.5 Å². The van der Waals surface area contributed by atoms with Crippen LogP contribution in [-0.4, -0.2) is 41.1 Å². The Morgan fingerprint density at radius 2 is 1.92 bits per heavy atom. The highest BCUT2D eigenvalue weighted by atomic mass is 32.2. The van der Waals surface area contributed by atoms with E-state index in [0.717, 1.165) is 11.8 Å². The van der Waals surface area contributed by atoms with E-state index in [4.69, 9.17) is 5.14 Å². The molecule has 1 aromatic carbocycles. The number of benzene rings is 1. The van der Waals surface area contributed by atoms with Crippen LogP contribution >= 0.6 is 0 Å². The number of sulfonamides is 1. The molecule has 3 N–H and O–H groups in total. The van der Waals surface area contributed by atoms with Crippen LogP contribution in [0.5, 0.6) is 0 Å². The van der Waals surface area contributed by atoms with Crippen molar-refractivity contribution < 1.29 is 13.2 Å². The van der Waals surface area contributed by atoms with E-state index in [0.29, 0.717) is 18.1 Å². The SMILES string of the molecule is CNC(=O)c1nc(Cc2ccccc2)n(-c2ccc(S(N)(=O)=O)cn2)n1. The largest absolute Gasteiger partial charge is 0.352 e. The predicted octanol–water partition coefficient (Wildman–Crippen LogP) is 0.260. The summed E-state index contributed by atoms with van der Waals surface area (Å²) < 4.78 is 24.1. The molecule has 0 spiro atoms. The summed E-state index contributed by atoms with van der Waals surface area (Å²) in [4.78, 5) is 20.1. The first kappa shape index (κ1) is 17.7. The second-order valence-electron chi connectivity index (χ2n) is 5.40. The highest BCUT2D eigenvalue weighted by molar-refractivity contribution is 7.89. The van der Waals surface area contributed by atoms with Gasteiger partial charge in [0.2, 0.25) is 15.8 Å². The third-order valence-corrected chi connectivity index (χ3v) is 4.47. The predicted molar refractivity (Wildman–Crippen MR) is 93.2 cm³/mol. The minimum Gasteiger partial charge on any atom is -0.352 e. The van der Waals surface area contributed by atoms with Crippen LogP contribution in [0.4, 0.5) is 0 Å². The van der Waals surface area contributed by atoms with Crippen molar-refractivity contribution in [2.75, 3.05) is 7.05 Å². The van der Waals surface area contributed by atoms with Crippen molar-refractivity contribution in [1.82, 2.24) is 25.1 Å². The number of rotatable bonds is 5. The molecule has 0 bridgehead atoms. The number of pyridine rings is 1. The van der Waals surface area contributed by atoms with Crippen molar-refractivity contribution in [3.63, 3.8) is 0 Å². The number of nitrogens with one attached hydrogen (secondary N) is 1. The van der Waals surface area contributed by atoms with Crippen molar-refractivity contribution in [3.8, 4) is 5.82 Å². The van der Waals surface area contributed by atoms with E-state index >= 15 is 0 Å². The molecule has 0 saturated heterocycles. The van der Waals surface area contributed by atoms with Crippen LogP contribution in [0.15, 0.2) is 53.6 Å². The van der Waals surface area contributed by atoms with Gasteiger partial charge in [0, 0.05) is 19.7 Å². The normalized spacial score (nSPS) is 11.3. The van der Waals surface area contributed by atoms with Crippen LogP contribution in [0.2, 0.25) is 0 Å². The number of carbonyl (C=O) groups excluding carboxylic acids is 1. The fourth-order valence-corrected chi connectivity index (χ4v) is 2.75. The maximum atomic E-state index is 11.9. The summed E-state index contributed by atoms with van der Waals surface area (Å²) in [6.07, 6.45) is 1.56. The van der Waals surface area contributed by atoms with Crippen LogP contribution in [0.1, 0.15) is 22.0 Å². The van der Waals surface area contributed by atoms with Gasteiger partial charge < -0.3 is 5.32 Å². The highest BCUT2D eigenvalue weighted by Crippen LogP contribution is 2.14. The van der Waals surface area contributed by atoms with E-state index in [1.54, 1.807) is 0 Å². The third kappa shape index (κ3) is 3.76. The lowest BCUT2D eigenvalue weighted by molar-refractivity contribution is 0.0953. The summed E-state index contributed by atoms with van der Waals surface area (Å²) in [5, 5.41) is 11.7. The first-order valence-corrected chi connectivity index (χ1v) is 9.14. The summed E-state index contributed by atoms with van der Waals surface area (Å²) in [5.41, 5.74) is 0.978. The summed E-state index contributed by atoms with van der Waals surface area (Å²) in [6.45, 7) is 0. The molecule has 0 aliphatic rings. The molecular formula is C16H16N6O3S. The van der Waals surface area contributed by atoms with Crippen LogP contribution < -0.4 is 10.5 Å². The molecule has 3 aromatic rings. The molecular weight excluding hydrogens is 356 g/mol. The van der Waals surface area contributed by atoms with Gasteiger partial charge in [0.1, 0.15) is 10.7 Å². The summed E-state index contributed by atoms with van der Waals surface area (Å²) in [7, 11) is -2.36. The fraction of sp³-hybridized carbons (Fsp3) is 0.125. The van der Waals surface area contributed by atoms with E-state index < -0.39 is 15.9 Å². The molecule has 0 atom stereocenters. The van der Waals surface area contributed by atoms with Gasteiger partial charge in [0.05, 0.1) is 0 Å². The number of nitrogens with two attached hydrogens (primary N) is 1. The van der Waals surface area contributed by atoms with Crippen LogP contribution in [0.25, 0.3) is 5.82 Å². The second-order valence-corrected chi connectivity index (χ2v) is 6.96. The Bertz CT molecular complexity index is 1030. The van der Waals surface area contributed by atoms with Gasteiger partial charge in [-0.2, -0.15) is 4.68 Å². The van der Waals surface area contributed by atoms with E-state index in [2.05, 4.69) is 20.4 Å². The smallest absolute Gasteiger partial charge is 0.290 e. The van der Waals surface area contributed by atoms with Crippen molar-refractivity contribution in [2.45, 2.75) is 11.3 Å². The lowest BCUT2D eigenvalue weighted by Crippen LogP contribution is -2.19. The summed E-state index contributed by atoms with van der Waals surface area (Å²) in [5.74, 6) is 0.381. The van der Waals surface area contributed by atoms with Crippen molar-refractivity contribution in [3.05, 3.63) is 65.9 Å². The molecule has 1 amide bonds. The minimum absolute atomic E-state index is 0.00393. The van der Waals surface area contributed by atoms with Gasteiger partial charge in [0.15, 0.2) is 5.82 Å². The molecule has 26 heavy (non-hydrogen) atoms. The number of amides is 1. The van der Waals surface area contributed by atoms with Gasteiger partial charge in [-0.1, -0.05) is 30.3 Å². The van der Waals surface area contributed by atoms with Crippen LogP contribution in [-0.2, 0) is 16.4 Å². The molecule has 0 saturated carbocycles. The molecule has 0 aliphatic carbocycles. The quantitative estimate of drug-likeness (QED) is 0.660. The molecule has 2 aromatic heterocycles. The number of nitrogens with zero attached hydrogens (tertiary/aromatic N) is 4. The number of carbonyl (C=O) groups is 1. The van der Waals surface area contributed by atoms with E-state index in [9.17, 15) is 13.2 Å². The Hall–Kier alpha value is -3.11. The molecule has 134 valence electrons. The molecule has 0 unspecified atom stereocenters. The zero-order valence-electron chi connectivity index (χ0n) is 13.8.